The van der Waals surface area contributed by atoms with Crippen molar-refractivity contribution in [2.24, 2.45) is 0 Å². The SMILES string of the molecule is CCOc1ccc(OCc2ccc(C(=O)Nc3cc(Oc4cccnc4)cc([N+](=O)[O-])c3)o2)cc1. The molecule has 0 aliphatic rings. The Hall–Kier alpha value is -4.86. The highest BCUT2D eigenvalue weighted by molar-refractivity contribution is 6.02. The van der Waals surface area contributed by atoms with Gasteiger partial charge in [-0.25, -0.2) is 0 Å². The summed E-state index contributed by atoms with van der Waals surface area (Å²) in [5.74, 6) is 1.81. The standard InChI is InChI=1S/C25H21N3O7/c1-2-32-19-5-7-20(8-6-19)33-16-22-9-10-24(35-22)25(29)27-17-12-18(28(30)31)14-23(13-17)34-21-4-3-11-26-15-21/h3-15H,2,16H2,1H3,(H,27,29). The van der Waals surface area contributed by atoms with Crippen LogP contribution in [0.1, 0.15) is 23.2 Å². The first kappa shape index (κ1) is 23.3. The van der Waals surface area contributed by atoms with Crippen molar-refractivity contribution in [3.8, 4) is 23.0 Å². The number of benzene rings is 2. The first-order chi connectivity index (χ1) is 17.0. The molecule has 0 radical (unpaired) electrons. The Bertz CT molecular complexity index is 1300. The molecular formula is C25H21N3O7. The minimum absolute atomic E-state index is 0.0246. The quantitative estimate of drug-likeness (QED) is 0.232. The van der Waals surface area contributed by atoms with Crippen molar-refractivity contribution < 1.29 is 28.3 Å². The number of hydrogen-bond donors (Lipinski definition) is 1. The Morgan fingerprint density at radius 1 is 1.00 bits per heavy atom. The molecule has 2 aromatic heterocycles. The average molecular weight is 475 g/mol. The highest BCUT2D eigenvalue weighted by Gasteiger charge is 2.16. The molecule has 4 aromatic rings. The van der Waals surface area contributed by atoms with Gasteiger partial charge in [0.25, 0.3) is 11.6 Å². The predicted molar refractivity (Wildman–Crippen MR) is 126 cm³/mol. The first-order valence-electron chi connectivity index (χ1n) is 10.6. The lowest BCUT2D eigenvalue weighted by Crippen LogP contribution is -2.11. The second kappa shape index (κ2) is 10.8. The number of hydrogen-bond acceptors (Lipinski definition) is 8. The van der Waals surface area contributed by atoms with E-state index in [2.05, 4.69) is 10.3 Å². The zero-order valence-corrected chi connectivity index (χ0v) is 18.7. The van der Waals surface area contributed by atoms with Crippen LogP contribution in [-0.4, -0.2) is 22.4 Å². The number of aromatic nitrogens is 1. The van der Waals surface area contributed by atoms with Crippen molar-refractivity contribution >= 4 is 17.3 Å². The van der Waals surface area contributed by atoms with Crippen LogP contribution in [0.3, 0.4) is 0 Å². The van der Waals surface area contributed by atoms with Crippen LogP contribution in [0.2, 0.25) is 0 Å². The van der Waals surface area contributed by atoms with Crippen LogP contribution in [0.25, 0.3) is 0 Å². The Morgan fingerprint density at radius 2 is 1.77 bits per heavy atom. The highest BCUT2D eigenvalue weighted by atomic mass is 16.6. The van der Waals surface area contributed by atoms with E-state index in [-0.39, 0.29) is 29.5 Å². The van der Waals surface area contributed by atoms with Gasteiger partial charge >= 0.3 is 0 Å². The Balaban J connectivity index is 1.41. The third kappa shape index (κ3) is 6.35. The van der Waals surface area contributed by atoms with Gasteiger partial charge in [0, 0.05) is 18.3 Å². The molecule has 0 saturated heterocycles. The molecule has 1 N–H and O–H groups in total. The van der Waals surface area contributed by atoms with Crippen molar-refractivity contribution in [3.63, 3.8) is 0 Å². The molecule has 2 aromatic carbocycles. The van der Waals surface area contributed by atoms with Crippen LogP contribution < -0.4 is 19.5 Å². The first-order valence-corrected chi connectivity index (χ1v) is 10.6. The molecule has 1 amide bonds. The maximum absolute atomic E-state index is 12.7. The van der Waals surface area contributed by atoms with Gasteiger partial charge < -0.3 is 23.9 Å². The number of nitrogens with one attached hydrogen (secondary N) is 1. The molecule has 0 aliphatic heterocycles. The van der Waals surface area contributed by atoms with E-state index in [1.165, 1.54) is 30.5 Å². The van der Waals surface area contributed by atoms with E-state index in [4.69, 9.17) is 18.6 Å². The van der Waals surface area contributed by atoms with Crippen LogP contribution in [-0.2, 0) is 6.61 Å². The predicted octanol–water partition coefficient (Wildman–Crippen LogP) is 5.61. The van der Waals surface area contributed by atoms with Gasteiger partial charge in [0.1, 0.15) is 35.4 Å². The van der Waals surface area contributed by atoms with Crippen LogP contribution in [0, 0.1) is 10.1 Å². The number of anilines is 1. The average Bonchev–Trinajstić information content (AvgIpc) is 3.34. The Morgan fingerprint density at radius 3 is 2.46 bits per heavy atom. The third-order valence-corrected chi connectivity index (χ3v) is 4.63. The lowest BCUT2D eigenvalue weighted by atomic mass is 10.2. The summed E-state index contributed by atoms with van der Waals surface area (Å²) in [5.41, 5.74) is -0.0720. The summed E-state index contributed by atoms with van der Waals surface area (Å²) in [7, 11) is 0. The lowest BCUT2D eigenvalue weighted by molar-refractivity contribution is -0.384. The fourth-order valence-corrected chi connectivity index (χ4v) is 3.09. The molecule has 35 heavy (non-hydrogen) atoms. The van der Waals surface area contributed by atoms with E-state index in [1.54, 1.807) is 48.7 Å². The van der Waals surface area contributed by atoms with Crippen molar-refractivity contribution in [2.75, 3.05) is 11.9 Å². The minimum atomic E-state index is -0.579. The number of furan rings is 1. The number of carbonyl (C=O) groups excluding carboxylic acids is 1. The monoisotopic (exact) mass is 475 g/mol. The molecule has 0 spiro atoms. The number of carbonyl (C=O) groups is 1. The van der Waals surface area contributed by atoms with E-state index in [0.29, 0.717) is 23.9 Å². The molecule has 0 fully saturated rings. The van der Waals surface area contributed by atoms with E-state index < -0.39 is 10.8 Å². The van der Waals surface area contributed by atoms with Crippen molar-refractivity contribution in [1.82, 2.24) is 4.98 Å². The molecule has 0 atom stereocenters. The largest absolute Gasteiger partial charge is 0.494 e. The summed E-state index contributed by atoms with van der Waals surface area (Å²) in [6.07, 6.45) is 3.05. The number of nitro benzene ring substituents is 1. The van der Waals surface area contributed by atoms with Crippen molar-refractivity contribution in [3.05, 3.63) is 101 Å². The normalized spacial score (nSPS) is 10.4. The number of non-ortho nitro benzene ring substituents is 1. The number of ether oxygens (including phenoxy) is 3. The maximum atomic E-state index is 12.7. The zero-order valence-electron chi connectivity index (χ0n) is 18.7. The highest BCUT2D eigenvalue weighted by Crippen LogP contribution is 2.30. The van der Waals surface area contributed by atoms with Crippen LogP contribution in [0.5, 0.6) is 23.0 Å². The maximum Gasteiger partial charge on any atom is 0.291 e. The van der Waals surface area contributed by atoms with Crippen LogP contribution in [0.15, 0.2) is 83.5 Å². The van der Waals surface area contributed by atoms with Crippen LogP contribution >= 0.6 is 0 Å². The van der Waals surface area contributed by atoms with E-state index in [1.807, 2.05) is 6.92 Å². The summed E-state index contributed by atoms with van der Waals surface area (Å²) in [6.45, 7) is 2.59. The van der Waals surface area contributed by atoms with E-state index in [0.717, 1.165) is 5.75 Å². The van der Waals surface area contributed by atoms with Gasteiger partial charge in [-0.05, 0) is 55.5 Å². The van der Waals surface area contributed by atoms with Crippen LogP contribution in [0.4, 0.5) is 11.4 Å². The molecule has 0 saturated carbocycles. The van der Waals surface area contributed by atoms with E-state index in [9.17, 15) is 14.9 Å². The fraction of sp³-hybridized carbons (Fsp3) is 0.120. The van der Waals surface area contributed by atoms with Gasteiger partial charge in [-0.15, -0.1) is 0 Å². The van der Waals surface area contributed by atoms with Gasteiger partial charge in [-0.3, -0.25) is 19.9 Å². The Kier molecular flexibility index (Phi) is 7.22. The second-order valence-electron chi connectivity index (χ2n) is 7.18. The number of amides is 1. The smallest absolute Gasteiger partial charge is 0.291 e. The van der Waals surface area contributed by atoms with Gasteiger partial charge in [-0.2, -0.15) is 0 Å². The van der Waals surface area contributed by atoms with Crippen molar-refractivity contribution in [1.29, 1.82) is 0 Å². The third-order valence-electron chi connectivity index (χ3n) is 4.63. The number of pyridine rings is 1. The minimum Gasteiger partial charge on any atom is -0.494 e. The molecule has 10 heteroatoms. The molecular weight excluding hydrogens is 454 g/mol. The van der Waals surface area contributed by atoms with E-state index >= 15 is 0 Å². The molecule has 2 heterocycles. The zero-order chi connectivity index (χ0) is 24.6. The summed E-state index contributed by atoms with van der Waals surface area (Å²) >= 11 is 0. The topological polar surface area (TPSA) is 126 Å². The number of rotatable bonds is 10. The Labute approximate surface area is 200 Å². The summed E-state index contributed by atoms with van der Waals surface area (Å²) < 4.78 is 22.3. The second-order valence-corrected chi connectivity index (χ2v) is 7.18. The van der Waals surface area contributed by atoms with Gasteiger partial charge in [0.15, 0.2) is 5.76 Å². The summed E-state index contributed by atoms with van der Waals surface area (Å²) in [6, 6.07) is 17.5. The van der Waals surface area contributed by atoms with Crippen molar-refractivity contribution in [2.45, 2.75) is 13.5 Å². The summed E-state index contributed by atoms with van der Waals surface area (Å²) in [5, 5.41) is 13.9. The molecule has 178 valence electrons. The molecule has 4 rings (SSSR count). The molecule has 10 nitrogen and oxygen atoms in total. The molecule has 0 bridgehead atoms. The molecule has 0 aliphatic carbocycles. The van der Waals surface area contributed by atoms with Gasteiger partial charge in [-0.1, -0.05) is 0 Å². The number of nitro groups is 1. The fourth-order valence-electron chi connectivity index (χ4n) is 3.09. The molecule has 0 unspecified atom stereocenters. The lowest BCUT2D eigenvalue weighted by Gasteiger charge is -2.09. The van der Waals surface area contributed by atoms with Gasteiger partial charge in [0.2, 0.25) is 0 Å². The number of nitrogens with zero attached hydrogens (tertiary/aromatic N) is 2. The summed E-state index contributed by atoms with van der Waals surface area (Å²) in [4.78, 5) is 27.4. The van der Waals surface area contributed by atoms with Gasteiger partial charge in [0.05, 0.1) is 29.5 Å².